The van der Waals surface area contributed by atoms with Crippen molar-refractivity contribution in [1.82, 2.24) is 34.1 Å². The van der Waals surface area contributed by atoms with E-state index in [2.05, 4.69) is 78.2 Å². The second-order valence-electron chi connectivity index (χ2n) is 13.0. The Morgan fingerprint density at radius 3 is 1.69 bits per heavy atom. The third kappa shape index (κ3) is 14.3. The molecule has 0 aliphatic carbocycles. The van der Waals surface area contributed by atoms with Crippen LogP contribution in [0.3, 0.4) is 0 Å². The Morgan fingerprint density at radius 2 is 1.22 bits per heavy atom. The smallest absolute Gasteiger partial charge is 0.406 e. The zero-order valence-electron chi connectivity index (χ0n) is 33.5. The van der Waals surface area contributed by atoms with Gasteiger partial charge in [0.2, 0.25) is 0 Å². The second-order valence-corrected chi connectivity index (χ2v) is 14.8. The molecule has 0 aliphatic heterocycles. The Balaban J connectivity index is 0.000000239. The van der Waals surface area contributed by atoms with E-state index in [0.29, 0.717) is 50.1 Å². The van der Waals surface area contributed by atoms with E-state index in [1.807, 2.05) is 0 Å². The van der Waals surface area contributed by atoms with E-state index in [-0.39, 0.29) is 41.7 Å². The summed E-state index contributed by atoms with van der Waals surface area (Å²) >= 11 is 6.65. The number of ether oxygens (including phenoxy) is 2. The SMILES string of the molecule is C.C=CC(=O)c1ccc(OC(F)(F)F)cc1.Cc1nc(C(F)F)cn1-c1ccc(Br)cc1-n1nncc1-c1ccc(OC(F)(F)F)cc1.Cc1nc(C(F)F)cn1-c1ccc(Br)cc1N=[N+]=[N-]. The number of imidazole rings is 2. The largest absolute Gasteiger partial charge is 0.573 e. The van der Waals surface area contributed by atoms with E-state index in [1.54, 1.807) is 50.2 Å². The summed E-state index contributed by atoms with van der Waals surface area (Å²) in [5.74, 6) is -0.333. The fourth-order valence-corrected chi connectivity index (χ4v) is 6.46. The fourth-order valence-electron chi connectivity index (χ4n) is 5.76. The number of aryl methyl sites for hydroxylation is 2. The van der Waals surface area contributed by atoms with Gasteiger partial charge in [0.15, 0.2) is 5.78 Å². The number of rotatable bonds is 11. The van der Waals surface area contributed by atoms with Gasteiger partial charge in [0.05, 0.1) is 34.6 Å². The van der Waals surface area contributed by atoms with Crippen LogP contribution in [-0.2, 0) is 0 Å². The molecule has 0 atom stereocenters. The standard InChI is InChI=1S/C20H13BrF5N5O.C11H8BrF2N5.C10H7F3O2.CH4/c1-11-28-15(19(22)23)10-30(11)16-7-4-13(21)8-17(16)31-18(9-27-29-31)12-2-5-14(6-3-12)32-20(24,25)26;1-6-16-9(11(13)14)5-19(6)10-3-2-7(12)4-8(10)17-18-15;1-2-9(14)7-3-5-8(6-4-7)15-10(11,12)13;/h2-10,19H,1H3;2-5,11H,1H3;2-6H,1H2;1H4. The van der Waals surface area contributed by atoms with Crippen LogP contribution in [-0.4, -0.2) is 52.6 Å². The first-order chi connectivity index (χ1) is 31.1. The van der Waals surface area contributed by atoms with Gasteiger partial charge in [-0.3, -0.25) is 4.79 Å². The van der Waals surface area contributed by atoms with Gasteiger partial charge in [-0.05, 0) is 110 Å². The van der Waals surface area contributed by atoms with Crippen LogP contribution < -0.4 is 9.47 Å². The van der Waals surface area contributed by atoms with E-state index in [9.17, 15) is 48.7 Å². The molecular formula is C42H32Br2F10N10O3. The van der Waals surface area contributed by atoms with Gasteiger partial charge in [-0.2, -0.15) is 0 Å². The number of hydrogen-bond donors (Lipinski definition) is 0. The van der Waals surface area contributed by atoms with Crippen molar-refractivity contribution in [3.63, 3.8) is 0 Å². The maximum absolute atomic E-state index is 13.1. The minimum atomic E-state index is -4.80. The van der Waals surface area contributed by atoms with Gasteiger partial charge in [-0.25, -0.2) is 32.2 Å². The number of allylic oxidation sites excluding steroid dienone is 1. The molecule has 0 bridgehead atoms. The molecule has 0 unspecified atom stereocenters. The zero-order chi connectivity index (χ0) is 48.5. The Bertz CT molecular complexity index is 2860. The molecular weight excluding hydrogens is 1040 g/mol. The number of carbonyl (C=O) groups excluding carboxylic acids is 1. The Morgan fingerprint density at radius 1 is 0.746 bits per heavy atom. The molecule has 25 heteroatoms. The van der Waals surface area contributed by atoms with Crippen LogP contribution in [0.1, 0.15) is 53.7 Å². The Kier molecular flexibility index (Phi) is 17.7. The molecule has 4 aromatic carbocycles. The van der Waals surface area contributed by atoms with E-state index in [0.717, 1.165) is 22.7 Å². The van der Waals surface area contributed by atoms with Crippen molar-refractivity contribution in [3.05, 3.63) is 164 Å². The number of halogens is 12. The predicted molar refractivity (Wildman–Crippen MR) is 232 cm³/mol. The summed E-state index contributed by atoms with van der Waals surface area (Å²) in [6.07, 6.45) is -9.88. The molecule has 3 heterocycles. The normalized spacial score (nSPS) is 11.1. The topological polar surface area (TPSA) is 151 Å². The van der Waals surface area contributed by atoms with Crippen molar-refractivity contribution >= 4 is 43.3 Å². The van der Waals surface area contributed by atoms with E-state index >= 15 is 0 Å². The summed E-state index contributed by atoms with van der Waals surface area (Å²) in [5.41, 5.74) is 10.9. The minimum Gasteiger partial charge on any atom is -0.406 e. The highest BCUT2D eigenvalue weighted by atomic mass is 79.9. The second kappa shape index (κ2) is 22.5. The molecule has 0 radical (unpaired) electrons. The third-order valence-electron chi connectivity index (χ3n) is 8.51. The lowest BCUT2D eigenvalue weighted by molar-refractivity contribution is -0.275. The summed E-state index contributed by atoms with van der Waals surface area (Å²) < 4.78 is 137. The van der Waals surface area contributed by atoms with Gasteiger partial charge >= 0.3 is 12.7 Å². The molecule has 0 fully saturated rings. The maximum atomic E-state index is 13.1. The van der Waals surface area contributed by atoms with Crippen LogP contribution in [0.5, 0.6) is 11.5 Å². The number of azide groups is 1. The fraction of sp³-hybridized carbons (Fsp3) is 0.167. The lowest BCUT2D eigenvalue weighted by Crippen LogP contribution is -2.17. The maximum Gasteiger partial charge on any atom is 0.573 e. The molecule has 13 nitrogen and oxygen atoms in total. The van der Waals surface area contributed by atoms with Crippen LogP contribution >= 0.6 is 31.9 Å². The molecule has 0 saturated heterocycles. The lowest BCUT2D eigenvalue weighted by Gasteiger charge is -2.14. The zero-order valence-corrected chi connectivity index (χ0v) is 36.7. The van der Waals surface area contributed by atoms with Crippen molar-refractivity contribution in [2.24, 2.45) is 5.11 Å². The van der Waals surface area contributed by atoms with Crippen LogP contribution in [0, 0.1) is 13.8 Å². The number of nitrogens with zero attached hydrogens (tertiary/aromatic N) is 10. The van der Waals surface area contributed by atoms with Gasteiger partial charge < -0.3 is 18.6 Å². The summed E-state index contributed by atoms with van der Waals surface area (Å²) in [4.78, 5) is 21.4. The van der Waals surface area contributed by atoms with Crippen LogP contribution in [0.15, 0.2) is 130 Å². The first kappa shape index (κ1) is 52.6. The van der Waals surface area contributed by atoms with Crippen molar-refractivity contribution < 1.29 is 58.2 Å². The molecule has 0 spiro atoms. The van der Waals surface area contributed by atoms with Crippen LogP contribution in [0.25, 0.3) is 38.8 Å². The highest BCUT2D eigenvalue weighted by Gasteiger charge is 2.32. The van der Waals surface area contributed by atoms with Gasteiger partial charge in [-0.15, -0.1) is 31.4 Å². The minimum absolute atomic E-state index is 0. The molecule has 0 saturated carbocycles. The van der Waals surface area contributed by atoms with Crippen molar-refractivity contribution in [2.75, 3.05) is 0 Å². The number of benzene rings is 4. The van der Waals surface area contributed by atoms with E-state index in [4.69, 9.17) is 5.53 Å². The molecule has 0 N–H and O–H groups in total. The first-order valence-corrected chi connectivity index (χ1v) is 19.8. The highest BCUT2D eigenvalue weighted by molar-refractivity contribution is 9.10. The number of ketones is 1. The predicted octanol–water partition coefficient (Wildman–Crippen LogP) is 14.4. The average Bonchev–Trinajstić information content (AvgIpc) is 4.00. The van der Waals surface area contributed by atoms with Crippen LogP contribution in [0.4, 0.5) is 49.6 Å². The summed E-state index contributed by atoms with van der Waals surface area (Å²) in [5, 5.41) is 11.6. The Hall–Kier alpha value is -6.98. The summed E-state index contributed by atoms with van der Waals surface area (Å²) in [7, 11) is 0. The van der Waals surface area contributed by atoms with Crippen molar-refractivity contribution in [1.29, 1.82) is 0 Å². The van der Waals surface area contributed by atoms with E-state index in [1.165, 1.54) is 68.8 Å². The molecule has 7 rings (SSSR count). The highest BCUT2D eigenvalue weighted by Crippen LogP contribution is 2.33. The van der Waals surface area contributed by atoms with Crippen LogP contribution in [0.2, 0.25) is 0 Å². The van der Waals surface area contributed by atoms with Crippen molar-refractivity contribution in [2.45, 2.75) is 46.8 Å². The Labute approximate surface area is 390 Å². The number of aromatic nitrogens is 7. The quantitative estimate of drug-likeness (QED) is 0.0312. The first-order valence-electron chi connectivity index (χ1n) is 18.2. The van der Waals surface area contributed by atoms with Gasteiger partial charge in [0, 0.05) is 37.4 Å². The number of alkyl halides is 10. The molecule has 352 valence electrons. The molecule has 3 aromatic heterocycles. The monoisotopic (exact) mass is 1070 g/mol. The van der Waals surface area contributed by atoms with E-state index < -0.39 is 25.6 Å². The van der Waals surface area contributed by atoms with Gasteiger partial charge in [0.25, 0.3) is 12.9 Å². The molecule has 0 amide bonds. The average molecular weight is 1070 g/mol. The summed E-state index contributed by atoms with van der Waals surface area (Å²) in [6, 6.07) is 20.0. The molecule has 0 aliphatic rings. The number of carbonyl (C=O) groups is 1. The number of hydrogen-bond acceptors (Lipinski definition) is 8. The third-order valence-corrected chi connectivity index (χ3v) is 9.50. The van der Waals surface area contributed by atoms with Crippen molar-refractivity contribution in [3.8, 4) is 39.8 Å². The van der Waals surface area contributed by atoms with Gasteiger partial charge in [0.1, 0.15) is 34.5 Å². The van der Waals surface area contributed by atoms with Gasteiger partial charge in [-0.1, -0.05) is 56.2 Å². The lowest BCUT2D eigenvalue weighted by atomic mass is 10.1. The summed E-state index contributed by atoms with van der Waals surface area (Å²) in [6.45, 7) is 6.46. The molecule has 67 heavy (non-hydrogen) atoms. The molecule has 7 aromatic rings.